The molecule has 2 rings (SSSR count). The van der Waals surface area contributed by atoms with Crippen LogP contribution in [-0.4, -0.2) is 23.6 Å². The Kier molecular flexibility index (Phi) is 6.60. The molecule has 130 valence electrons. The summed E-state index contributed by atoms with van der Waals surface area (Å²) < 4.78 is 5.95. The smallest absolute Gasteiger partial charge is 0.225 e. The zero-order valence-electron chi connectivity index (χ0n) is 14.8. The number of ether oxygens (including phenoxy) is 1. The van der Waals surface area contributed by atoms with E-state index in [4.69, 9.17) is 4.74 Å². The van der Waals surface area contributed by atoms with Gasteiger partial charge in [-0.3, -0.25) is 9.78 Å². The normalized spacial score (nSPS) is 25.0. The number of nitrogens with zero attached hydrogens (tertiary/aromatic N) is 1. The van der Waals surface area contributed by atoms with E-state index in [1.807, 2.05) is 0 Å². The molecule has 0 aromatic carbocycles. The van der Waals surface area contributed by atoms with Crippen LogP contribution in [0.3, 0.4) is 0 Å². The van der Waals surface area contributed by atoms with Crippen molar-refractivity contribution in [3.05, 3.63) is 11.7 Å². The largest absolute Gasteiger partial charge is 0.378 e. The van der Waals surface area contributed by atoms with Crippen molar-refractivity contribution in [2.75, 3.05) is 11.9 Å². The van der Waals surface area contributed by atoms with Crippen molar-refractivity contribution < 1.29 is 9.53 Å². The second kappa shape index (κ2) is 8.25. The zero-order valence-corrected chi connectivity index (χ0v) is 15.6. The summed E-state index contributed by atoms with van der Waals surface area (Å²) in [4.78, 5) is 16.5. The van der Waals surface area contributed by atoms with Gasteiger partial charge in [-0.15, -0.1) is 11.3 Å². The molecule has 1 saturated heterocycles. The van der Waals surface area contributed by atoms with Gasteiger partial charge >= 0.3 is 0 Å². The molecule has 1 aromatic heterocycles. The number of anilines is 1. The monoisotopic (exact) mass is 338 g/mol. The highest BCUT2D eigenvalue weighted by atomic mass is 32.1. The van der Waals surface area contributed by atoms with Crippen molar-refractivity contribution in [2.45, 2.75) is 65.9 Å². The number of aromatic nitrogens is 1. The van der Waals surface area contributed by atoms with Gasteiger partial charge in [-0.25, -0.2) is 0 Å². The Labute approximate surface area is 144 Å². The van der Waals surface area contributed by atoms with E-state index in [9.17, 15) is 4.79 Å². The Hall–Kier alpha value is -0.940. The maximum atomic E-state index is 12.5. The minimum atomic E-state index is 0.0756. The number of thiazole rings is 1. The van der Waals surface area contributed by atoms with E-state index in [0.29, 0.717) is 18.3 Å². The number of hydrogen-bond acceptors (Lipinski definition) is 4. The van der Waals surface area contributed by atoms with Crippen LogP contribution in [0.2, 0.25) is 0 Å². The molecule has 0 unspecified atom stereocenters. The topological polar surface area (TPSA) is 51.2 Å². The molecule has 5 heteroatoms. The molecular formula is C18H30N2O2S. The third kappa shape index (κ3) is 5.57. The zero-order chi connectivity index (χ0) is 16.9. The lowest BCUT2D eigenvalue weighted by Crippen LogP contribution is -2.40. The van der Waals surface area contributed by atoms with Crippen LogP contribution in [0, 0.1) is 17.3 Å². The Bertz CT molecular complexity index is 487. The SMILES string of the molecule is CC(C)CC[C@@]1(CC(=O)Nc2cncs2)CCO[C@H](C(C)C)C1. The summed E-state index contributed by atoms with van der Waals surface area (Å²) >= 11 is 1.47. The minimum Gasteiger partial charge on any atom is -0.378 e. The predicted molar refractivity (Wildman–Crippen MR) is 95.7 cm³/mol. The fourth-order valence-corrected chi connectivity index (χ4v) is 3.84. The van der Waals surface area contributed by atoms with Gasteiger partial charge in [-0.05, 0) is 36.5 Å². The van der Waals surface area contributed by atoms with Gasteiger partial charge in [-0.1, -0.05) is 34.1 Å². The van der Waals surface area contributed by atoms with E-state index in [-0.39, 0.29) is 17.4 Å². The van der Waals surface area contributed by atoms with Gasteiger partial charge in [0.15, 0.2) is 0 Å². The van der Waals surface area contributed by atoms with Crippen molar-refractivity contribution in [3.63, 3.8) is 0 Å². The highest BCUT2D eigenvalue weighted by molar-refractivity contribution is 7.13. The van der Waals surface area contributed by atoms with Crippen molar-refractivity contribution in [3.8, 4) is 0 Å². The summed E-state index contributed by atoms with van der Waals surface area (Å²) in [6.07, 6.45) is 6.82. The summed E-state index contributed by atoms with van der Waals surface area (Å²) in [5.74, 6) is 1.28. The number of amides is 1. The van der Waals surface area contributed by atoms with Gasteiger partial charge in [0.25, 0.3) is 0 Å². The van der Waals surface area contributed by atoms with E-state index in [1.54, 1.807) is 11.7 Å². The number of hydrogen-bond donors (Lipinski definition) is 1. The third-order valence-electron chi connectivity index (χ3n) is 4.82. The molecule has 1 fully saturated rings. The van der Waals surface area contributed by atoms with Crippen LogP contribution >= 0.6 is 11.3 Å². The highest BCUT2D eigenvalue weighted by Crippen LogP contribution is 2.43. The van der Waals surface area contributed by atoms with E-state index in [2.05, 4.69) is 38.0 Å². The van der Waals surface area contributed by atoms with Gasteiger partial charge in [0.1, 0.15) is 5.00 Å². The molecule has 0 aliphatic carbocycles. The summed E-state index contributed by atoms with van der Waals surface area (Å²) in [6.45, 7) is 9.70. The Balaban J connectivity index is 2.04. The summed E-state index contributed by atoms with van der Waals surface area (Å²) in [7, 11) is 0. The second-order valence-electron chi connectivity index (χ2n) is 7.63. The lowest BCUT2D eigenvalue weighted by Gasteiger charge is -2.42. The highest BCUT2D eigenvalue weighted by Gasteiger charge is 2.39. The average Bonchev–Trinajstić information content (AvgIpc) is 2.98. The van der Waals surface area contributed by atoms with E-state index < -0.39 is 0 Å². The van der Waals surface area contributed by atoms with Crippen LogP contribution in [0.1, 0.15) is 59.8 Å². The lowest BCUT2D eigenvalue weighted by molar-refractivity contribution is -0.124. The van der Waals surface area contributed by atoms with Crippen molar-refractivity contribution >= 4 is 22.2 Å². The van der Waals surface area contributed by atoms with Crippen LogP contribution in [0.4, 0.5) is 5.00 Å². The maximum absolute atomic E-state index is 12.5. The van der Waals surface area contributed by atoms with Gasteiger partial charge in [-0.2, -0.15) is 0 Å². The molecule has 1 aliphatic heterocycles. The average molecular weight is 339 g/mol. The third-order valence-corrected chi connectivity index (χ3v) is 5.51. The fraction of sp³-hybridized carbons (Fsp3) is 0.778. The number of rotatable bonds is 7. The molecule has 0 saturated carbocycles. The van der Waals surface area contributed by atoms with Crippen LogP contribution in [0.25, 0.3) is 0 Å². The van der Waals surface area contributed by atoms with Crippen molar-refractivity contribution in [2.24, 2.45) is 17.3 Å². The first-order valence-corrected chi connectivity index (χ1v) is 9.58. The summed E-state index contributed by atoms with van der Waals surface area (Å²) in [5, 5.41) is 3.84. The molecule has 23 heavy (non-hydrogen) atoms. The number of carbonyl (C=O) groups excluding carboxylic acids is 1. The predicted octanol–water partition coefficient (Wildman–Crippen LogP) is 4.73. The molecule has 1 aliphatic rings. The van der Waals surface area contributed by atoms with Crippen molar-refractivity contribution in [1.29, 1.82) is 0 Å². The summed E-state index contributed by atoms with van der Waals surface area (Å²) in [6, 6.07) is 0. The molecule has 4 nitrogen and oxygen atoms in total. The second-order valence-corrected chi connectivity index (χ2v) is 8.52. The molecule has 1 aromatic rings. The molecule has 0 radical (unpaired) electrons. The molecule has 1 amide bonds. The van der Waals surface area contributed by atoms with Crippen LogP contribution in [-0.2, 0) is 9.53 Å². The first kappa shape index (κ1) is 18.4. The van der Waals surface area contributed by atoms with Gasteiger partial charge in [0, 0.05) is 13.0 Å². The summed E-state index contributed by atoms with van der Waals surface area (Å²) in [5.41, 5.74) is 1.82. The number of carbonyl (C=O) groups is 1. The molecule has 0 spiro atoms. The van der Waals surface area contributed by atoms with Crippen LogP contribution < -0.4 is 5.32 Å². The van der Waals surface area contributed by atoms with Crippen molar-refractivity contribution in [1.82, 2.24) is 4.98 Å². The van der Waals surface area contributed by atoms with E-state index in [1.165, 1.54) is 17.8 Å². The first-order valence-electron chi connectivity index (χ1n) is 8.70. The van der Waals surface area contributed by atoms with Crippen LogP contribution in [0.5, 0.6) is 0 Å². The van der Waals surface area contributed by atoms with Crippen LogP contribution in [0.15, 0.2) is 11.7 Å². The Morgan fingerprint density at radius 3 is 2.87 bits per heavy atom. The fourth-order valence-electron chi connectivity index (χ4n) is 3.31. The Morgan fingerprint density at radius 2 is 2.26 bits per heavy atom. The standard InChI is InChI=1S/C18H30N2O2S/c1-13(2)5-6-18(7-8-22-15(9-18)14(3)4)10-16(21)20-17-11-19-12-23-17/h11-15H,5-10H2,1-4H3,(H,20,21)/t15-,18+/m0/s1. The van der Waals surface area contributed by atoms with E-state index >= 15 is 0 Å². The molecular weight excluding hydrogens is 308 g/mol. The van der Waals surface area contributed by atoms with Gasteiger partial charge in [0.05, 0.1) is 17.8 Å². The van der Waals surface area contributed by atoms with Gasteiger partial charge < -0.3 is 10.1 Å². The molecule has 1 N–H and O–H groups in total. The minimum absolute atomic E-state index is 0.0756. The molecule has 2 atom stereocenters. The molecule has 2 heterocycles. The molecule has 0 bridgehead atoms. The lowest BCUT2D eigenvalue weighted by atomic mass is 9.69. The Morgan fingerprint density at radius 1 is 1.48 bits per heavy atom. The number of nitrogens with one attached hydrogen (secondary N) is 1. The van der Waals surface area contributed by atoms with Gasteiger partial charge in [0.2, 0.25) is 5.91 Å². The quantitative estimate of drug-likeness (QED) is 0.782. The van der Waals surface area contributed by atoms with E-state index in [0.717, 1.165) is 30.9 Å². The maximum Gasteiger partial charge on any atom is 0.225 e. The first-order chi connectivity index (χ1) is 10.9.